The van der Waals surface area contributed by atoms with E-state index in [0.29, 0.717) is 0 Å². The van der Waals surface area contributed by atoms with Crippen molar-refractivity contribution in [1.29, 1.82) is 0 Å². The number of carboxylic acid groups (broad SMARTS) is 1. The Morgan fingerprint density at radius 1 is 1.48 bits per heavy atom. The van der Waals surface area contributed by atoms with Gasteiger partial charge in [-0.05, 0) is 45.3 Å². The summed E-state index contributed by atoms with van der Waals surface area (Å²) < 4.78 is 0. The van der Waals surface area contributed by atoms with Gasteiger partial charge in [0, 0.05) is 12.5 Å². The van der Waals surface area contributed by atoms with Gasteiger partial charge in [0.2, 0.25) is 11.0 Å². The van der Waals surface area contributed by atoms with Crippen LogP contribution < -0.4 is 11.1 Å². The van der Waals surface area contributed by atoms with E-state index < -0.39 is 0 Å². The van der Waals surface area contributed by atoms with Gasteiger partial charge in [-0.1, -0.05) is 18.3 Å². The van der Waals surface area contributed by atoms with E-state index in [2.05, 4.69) is 27.3 Å². The van der Waals surface area contributed by atoms with Gasteiger partial charge >= 0.3 is 0 Å². The number of piperidine rings is 1. The number of nitrogens with one attached hydrogen (secondary N) is 1. The summed E-state index contributed by atoms with van der Waals surface area (Å²) in [4.78, 5) is 21.8. The zero-order chi connectivity index (χ0) is 17.1. The van der Waals surface area contributed by atoms with Crippen LogP contribution in [0.25, 0.3) is 0 Å². The van der Waals surface area contributed by atoms with E-state index >= 15 is 0 Å². The van der Waals surface area contributed by atoms with Gasteiger partial charge in [-0.3, -0.25) is 9.59 Å². The van der Waals surface area contributed by atoms with E-state index in [4.69, 9.17) is 15.6 Å². The number of nitrogens with zero attached hydrogens (tertiary/aromatic N) is 3. The second-order valence-electron chi connectivity index (χ2n) is 5.26. The van der Waals surface area contributed by atoms with Gasteiger partial charge in [-0.15, -0.1) is 10.2 Å². The summed E-state index contributed by atoms with van der Waals surface area (Å²) in [6.07, 6.45) is 3.81. The summed E-state index contributed by atoms with van der Waals surface area (Å²) in [5.41, 5.74) is 5.33. The molecule has 9 heteroatoms. The van der Waals surface area contributed by atoms with Crippen LogP contribution in [-0.2, 0) is 16.0 Å². The summed E-state index contributed by atoms with van der Waals surface area (Å²) in [6.45, 7) is 5.75. The van der Waals surface area contributed by atoms with Crippen LogP contribution >= 0.6 is 11.3 Å². The van der Waals surface area contributed by atoms with Crippen LogP contribution in [0.4, 0.5) is 5.13 Å². The number of rotatable bonds is 7. The molecule has 130 valence electrons. The zero-order valence-electron chi connectivity index (χ0n) is 13.4. The Hall–Kier alpha value is -1.74. The number of primary amides is 1. The summed E-state index contributed by atoms with van der Waals surface area (Å²) in [6, 6.07) is 0. The molecule has 0 aliphatic carbocycles. The van der Waals surface area contributed by atoms with Crippen molar-refractivity contribution in [3.8, 4) is 0 Å². The molecule has 0 bridgehead atoms. The van der Waals surface area contributed by atoms with Gasteiger partial charge in [0.15, 0.2) is 0 Å². The largest absolute Gasteiger partial charge is 0.483 e. The Labute approximate surface area is 140 Å². The number of hydrogen-bond acceptors (Lipinski definition) is 7. The van der Waals surface area contributed by atoms with Gasteiger partial charge in [0.1, 0.15) is 5.01 Å². The lowest BCUT2D eigenvalue weighted by molar-refractivity contribution is -0.123. The fourth-order valence-corrected chi connectivity index (χ4v) is 3.11. The minimum Gasteiger partial charge on any atom is -0.483 e. The summed E-state index contributed by atoms with van der Waals surface area (Å²) in [5, 5.41) is 20.4. The molecular formula is C14H25N5O3S. The molecule has 8 nitrogen and oxygen atoms in total. The van der Waals surface area contributed by atoms with Crippen LogP contribution in [0.15, 0.2) is 0 Å². The fraction of sp³-hybridized carbons (Fsp3) is 0.714. The molecule has 1 aliphatic rings. The summed E-state index contributed by atoms with van der Waals surface area (Å²) in [7, 11) is 0. The maximum Gasteiger partial charge on any atom is 0.290 e. The number of nitrogens with two attached hydrogens (primary N) is 1. The Bertz CT molecular complexity index is 475. The van der Waals surface area contributed by atoms with Crippen molar-refractivity contribution in [2.45, 2.75) is 32.6 Å². The number of likely N-dealkylation sites (tertiary alicyclic amines) is 1. The van der Waals surface area contributed by atoms with Crippen LogP contribution in [-0.4, -0.2) is 58.8 Å². The molecule has 1 amide bonds. The molecule has 0 atom stereocenters. The first-order valence-corrected chi connectivity index (χ1v) is 8.58. The SMILES string of the molecule is CCc1nnc(NCCCN2CCC(C(N)=O)CC2)s1.O=CO. The van der Waals surface area contributed by atoms with Crippen molar-refractivity contribution < 1.29 is 14.7 Å². The molecule has 23 heavy (non-hydrogen) atoms. The molecule has 1 aromatic rings. The van der Waals surface area contributed by atoms with Crippen LogP contribution in [0.1, 0.15) is 31.2 Å². The number of amides is 1. The predicted molar refractivity (Wildman–Crippen MR) is 89.4 cm³/mol. The maximum absolute atomic E-state index is 11.1. The fourth-order valence-electron chi connectivity index (χ4n) is 2.41. The average molecular weight is 343 g/mol. The first kappa shape index (κ1) is 19.3. The van der Waals surface area contributed by atoms with Crippen molar-refractivity contribution >= 4 is 28.8 Å². The minimum atomic E-state index is -0.250. The molecule has 2 rings (SSSR count). The van der Waals surface area contributed by atoms with Crippen molar-refractivity contribution in [3.05, 3.63) is 5.01 Å². The topological polar surface area (TPSA) is 121 Å². The molecule has 1 fully saturated rings. The molecule has 0 saturated carbocycles. The molecule has 2 heterocycles. The Balaban J connectivity index is 0.000000816. The van der Waals surface area contributed by atoms with Crippen LogP contribution in [0.2, 0.25) is 0 Å². The third kappa shape index (κ3) is 7.38. The highest BCUT2D eigenvalue weighted by Crippen LogP contribution is 2.17. The Kier molecular flexibility index (Phi) is 9.15. The van der Waals surface area contributed by atoms with Crippen molar-refractivity contribution in [2.24, 2.45) is 11.7 Å². The quantitative estimate of drug-likeness (QED) is 0.494. The Morgan fingerprint density at radius 2 is 2.13 bits per heavy atom. The van der Waals surface area contributed by atoms with Crippen LogP contribution in [0.5, 0.6) is 0 Å². The van der Waals surface area contributed by atoms with Gasteiger partial charge < -0.3 is 21.1 Å². The molecule has 1 saturated heterocycles. The molecular weight excluding hydrogens is 318 g/mol. The predicted octanol–water partition coefficient (Wildman–Crippen LogP) is 0.801. The number of aryl methyl sites for hydroxylation is 1. The van der Waals surface area contributed by atoms with Gasteiger partial charge in [-0.25, -0.2) is 0 Å². The van der Waals surface area contributed by atoms with E-state index in [0.717, 1.165) is 62.0 Å². The number of carbonyl (C=O) groups excluding carboxylic acids is 1. The van der Waals surface area contributed by atoms with E-state index in [1.165, 1.54) is 0 Å². The van der Waals surface area contributed by atoms with Crippen molar-refractivity contribution in [1.82, 2.24) is 15.1 Å². The van der Waals surface area contributed by atoms with Crippen molar-refractivity contribution in [2.75, 3.05) is 31.5 Å². The van der Waals surface area contributed by atoms with Gasteiger partial charge in [0.25, 0.3) is 6.47 Å². The monoisotopic (exact) mass is 343 g/mol. The first-order chi connectivity index (χ1) is 11.1. The smallest absolute Gasteiger partial charge is 0.290 e. The van der Waals surface area contributed by atoms with E-state index in [1.807, 2.05) is 0 Å². The van der Waals surface area contributed by atoms with Gasteiger partial charge in [-0.2, -0.15) is 0 Å². The first-order valence-electron chi connectivity index (χ1n) is 7.76. The van der Waals surface area contributed by atoms with Gasteiger partial charge in [0.05, 0.1) is 0 Å². The maximum atomic E-state index is 11.1. The molecule has 0 unspecified atom stereocenters. The van der Waals surface area contributed by atoms with E-state index in [1.54, 1.807) is 11.3 Å². The Morgan fingerprint density at radius 3 is 2.65 bits per heavy atom. The zero-order valence-corrected chi connectivity index (χ0v) is 14.2. The lowest BCUT2D eigenvalue weighted by Crippen LogP contribution is -2.39. The molecule has 0 spiro atoms. The molecule has 0 aromatic carbocycles. The molecule has 1 aliphatic heterocycles. The second kappa shape index (κ2) is 10.9. The van der Waals surface area contributed by atoms with Crippen molar-refractivity contribution in [3.63, 3.8) is 0 Å². The summed E-state index contributed by atoms with van der Waals surface area (Å²) >= 11 is 1.62. The highest BCUT2D eigenvalue weighted by atomic mass is 32.1. The lowest BCUT2D eigenvalue weighted by Gasteiger charge is -2.30. The number of anilines is 1. The number of carbonyl (C=O) groups is 2. The minimum absolute atomic E-state index is 0.0817. The van der Waals surface area contributed by atoms with E-state index in [-0.39, 0.29) is 18.3 Å². The molecule has 1 aromatic heterocycles. The summed E-state index contributed by atoms with van der Waals surface area (Å²) in [5.74, 6) is -0.0625. The molecule has 0 radical (unpaired) electrons. The third-order valence-corrected chi connectivity index (χ3v) is 4.71. The third-order valence-electron chi connectivity index (χ3n) is 3.69. The molecule has 4 N–H and O–H groups in total. The normalized spacial score (nSPS) is 15.5. The highest BCUT2D eigenvalue weighted by molar-refractivity contribution is 7.15. The van der Waals surface area contributed by atoms with Crippen LogP contribution in [0.3, 0.4) is 0 Å². The standard InChI is InChI=1S/C13H23N5OS.CH2O2/c1-2-11-16-17-13(20-11)15-6-3-7-18-8-4-10(5-9-18)12(14)19;2-1-3/h10H,2-9H2,1H3,(H2,14,19)(H,15,17);1H,(H,2,3). The number of aromatic nitrogens is 2. The van der Waals surface area contributed by atoms with E-state index in [9.17, 15) is 4.79 Å². The number of hydrogen-bond donors (Lipinski definition) is 3. The lowest BCUT2D eigenvalue weighted by atomic mass is 9.96. The van der Waals surface area contributed by atoms with Crippen LogP contribution in [0, 0.1) is 5.92 Å². The second-order valence-corrected chi connectivity index (χ2v) is 6.32. The highest BCUT2D eigenvalue weighted by Gasteiger charge is 2.22. The average Bonchev–Trinajstić information content (AvgIpc) is 3.01.